The molecule has 1 aromatic rings. The summed E-state index contributed by atoms with van der Waals surface area (Å²) in [6, 6.07) is 5.92. The first kappa shape index (κ1) is 21.4. The third-order valence-electron chi connectivity index (χ3n) is 5.22. The van der Waals surface area contributed by atoms with Crippen LogP contribution in [-0.2, 0) is 4.79 Å². The minimum Gasteiger partial charge on any atom is -0.352 e. The normalized spacial score (nSPS) is 19.8. The largest absolute Gasteiger partial charge is 0.352 e. The second-order valence-corrected chi connectivity index (χ2v) is 7.28. The van der Waals surface area contributed by atoms with Gasteiger partial charge in [-0.3, -0.25) is 9.79 Å². The number of hydrogen-bond acceptors (Lipinski definition) is 4. The van der Waals surface area contributed by atoms with Crippen molar-refractivity contribution in [1.29, 1.82) is 0 Å². The van der Waals surface area contributed by atoms with Crippen molar-refractivity contribution in [3.8, 4) is 0 Å². The highest BCUT2D eigenvalue weighted by atomic mass is 19.1. The van der Waals surface area contributed by atoms with Gasteiger partial charge in [0, 0.05) is 31.2 Å². The molecule has 156 valence electrons. The number of nitrogens with one attached hydrogen (secondary N) is 1. The summed E-state index contributed by atoms with van der Waals surface area (Å²) in [5, 5.41) is 2.65. The Labute approximate surface area is 177 Å². The minimum atomic E-state index is -1.38. The van der Waals surface area contributed by atoms with Gasteiger partial charge < -0.3 is 10.2 Å². The van der Waals surface area contributed by atoms with Crippen LogP contribution in [0, 0.1) is 0 Å². The Bertz CT molecular complexity index is 957. The number of aromatic nitrogens is 1. The number of allylic oxidation sites excluding steroid dienone is 4. The first-order valence-electron chi connectivity index (χ1n) is 10.0. The number of hydrogen-bond donors (Lipinski definition) is 1. The van der Waals surface area contributed by atoms with Gasteiger partial charge in [-0.05, 0) is 55.7 Å². The van der Waals surface area contributed by atoms with Crippen LogP contribution in [0.3, 0.4) is 0 Å². The molecule has 0 saturated carbocycles. The Balaban J connectivity index is 1.67. The zero-order valence-corrected chi connectivity index (χ0v) is 17.4. The van der Waals surface area contributed by atoms with E-state index < -0.39 is 12.1 Å². The van der Waals surface area contributed by atoms with E-state index in [1.165, 1.54) is 23.4 Å². The fourth-order valence-corrected chi connectivity index (χ4v) is 3.46. The molecule has 3 heterocycles. The van der Waals surface area contributed by atoms with Crippen LogP contribution < -0.4 is 10.2 Å². The van der Waals surface area contributed by atoms with Gasteiger partial charge in [-0.2, -0.15) is 0 Å². The van der Waals surface area contributed by atoms with Gasteiger partial charge in [-0.1, -0.05) is 30.4 Å². The summed E-state index contributed by atoms with van der Waals surface area (Å²) in [5.74, 6) is 0.475. The van der Waals surface area contributed by atoms with Crippen molar-refractivity contribution < 1.29 is 9.18 Å². The lowest BCUT2D eigenvalue weighted by molar-refractivity contribution is -0.117. The first-order valence-corrected chi connectivity index (χ1v) is 10.0. The highest BCUT2D eigenvalue weighted by Crippen LogP contribution is 2.27. The number of amides is 1. The molecule has 0 aromatic carbocycles. The summed E-state index contributed by atoms with van der Waals surface area (Å²) in [6.07, 6.45) is 9.97. The Morgan fingerprint density at radius 2 is 2.20 bits per heavy atom. The van der Waals surface area contributed by atoms with E-state index in [0.29, 0.717) is 5.70 Å². The number of dihydropyridines is 1. The van der Waals surface area contributed by atoms with E-state index >= 15 is 0 Å². The molecule has 1 atom stereocenters. The highest BCUT2D eigenvalue weighted by molar-refractivity contribution is 6.00. The van der Waals surface area contributed by atoms with Gasteiger partial charge in [0.2, 0.25) is 0 Å². The summed E-state index contributed by atoms with van der Waals surface area (Å²) in [4.78, 5) is 22.8. The molecule has 0 bridgehead atoms. The van der Waals surface area contributed by atoms with E-state index in [1.54, 1.807) is 12.3 Å². The van der Waals surface area contributed by atoms with Gasteiger partial charge in [0.1, 0.15) is 12.0 Å². The zero-order valence-electron chi connectivity index (χ0n) is 17.4. The number of carbonyl (C=O) groups excluding carboxylic acids is 1. The molecule has 2 aliphatic heterocycles. The quantitative estimate of drug-likeness (QED) is 0.724. The van der Waals surface area contributed by atoms with Crippen molar-refractivity contribution in [2.45, 2.75) is 26.4 Å². The average molecular weight is 407 g/mol. The lowest BCUT2D eigenvalue weighted by Gasteiger charge is -2.31. The fourth-order valence-electron chi connectivity index (χ4n) is 3.46. The molecule has 0 aliphatic carbocycles. The molecule has 0 fully saturated rings. The van der Waals surface area contributed by atoms with Gasteiger partial charge in [0.15, 0.2) is 0 Å². The van der Waals surface area contributed by atoms with Crippen LogP contribution in [-0.4, -0.2) is 42.9 Å². The summed E-state index contributed by atoms with van der Waals surface area (Å²) in [7, 11) is 0. The van der Waals surface area contributed by atoms with E-state index in [1.807, 2.05) is 37.3 Å². The van der Waals surface area contributed by atoms with Crippen molar-refractivity contribution in [3.63, 3.8) is 0 Å². The van der Waals surface area contributed by atoms with E-state index in [9.17, 15) is 9.18 Å². The molecule has 0 spiro atoms. The second-order valence-electron chi connectivity index (χ2n) is 7.28. The van der Waals surface area contributed by atoms with Crippen molar-refractivity contribution in [3.05, 3.63) is 83.3 Å². The molecule has 0 radical (unpaired) electrons. The molecular weight excluding hydrogens is 379 g/mol. The number of alkyl halides is 1. The van der Waals surface area contributed by atoms with Gasteiger partial charge >= 0.3 is 0 Å². The highest BCUT2D eigenvalue weighted by Gasteiger charge is 2.22. The molecule has 2 aliphatic rings. The Morgan fingerprint density at radius 1 is 1.37 bits per heavy atom. The molecule has 30 heavy (non-hydrogen) atoms. The molecule has 3 rings (SSSR count). The summed E-state index contributed by atoms with van der Waals surface area (Å²) < 4.78 is 13.9. The zero-order chi connectivity index (χ0) is 21.5. The van der Waals surface area contributed by atoms with Crippen LogP contribution >= 0.6 is 0 Å². The lowest BCUT2D eigenvalue weighted by Crippen LogP contribution is -2.32. The maximum atomic E-state index is 13.9. The first-order chi connectivity index (χ1) is 14.5. The lowest BCUT2D eigenvalue weighted by atomic mass is 9.94. The summed E-state index contributed by atoms with van der Waals surface area (Å²) in [6.45, 7) is 9.69. The second kappa shape index (κ2) is 9.96. The van der Waals surface area contributed by atoms with Crippen LogP contribution in [0.5, 0.6) is 0 Å². The topological polar surface area (TPSA) is 57.6 Å². The SMILES string of the molecule is C=C(/C=C\C(=C/C)C1=C(C)CCN(c2ccccn2)C1)NC(=O)C1=CC=NCC1F. The minimum absolute atomic E-state index is 0.0233. The van der Waals surface area contributed by atoms with Crippen LogP contribution in [0.25, 0.3) is 0 Å². The van der Waals surface area contributed by atoms with Gasteiger partial charge in [-0.25, -0.2) is 9.37 Å². The third-order valence-corrected chi connectivity index (χ3v) is 5.22. The van der Waals surface area contributed by atoms with Crippen molar-refractivity contribution in [1.82, 2.24) is 10.3 Å². The summed E-state index contributed by atoms with van der Waals surface area (Å²) >= 11 is 0. The predicted molar refractivity (Wildman–Crippen MR) is 120 cm³/mol. The molecule has 5 nitrogen and oxygen atoms in total. The number of nitrogens with zero attached hydrogens (tertiary/aromatic N) is 3. The standard InChI is InChI=1S/C24H27FN4O/c1-4-19(9-8-18(3)28-24(30)20-10-13-26-15-22(20)25)21-16-29(14-11-17(21)2)23-7-5-6-12-27-23/h4-10,12-13,22H,3,11,14-16H2,1-2H3,(H,28,30)/b9-8-,19-4+. The van der Waals surface area contributed by atoms with E-state index in [2.05, 4.69) is 33.7 Å². The van der Waals surface area contributed by atoms with Crippen LogP contribution in [0.2, 0.25) is 0 Å². The van der Waals surface area contributed by atoms with Gasteiger partial charge in [0.05, 0.1) is 12.1 Å². The number of rotatable bonds is 6. The molecule has 1 unspecified atom stereocenters. The number of carbonyl (C=O) groups is 1. The Hall–Kier alpha value is -3.28. The average Bonchev–Trinajstić information content (AvgIpc) is 2.76. The molecule has 6 heteroatoms. The molecular formula is C24H27FN4O. The van der Waals surface area contributed by atoms with Gasteiger partial charge in [0.25, 0.3) is 5.91 Å². The Kier molecular flexibility index (Phi) is 7.12. The van der Waals surface area contributed by atoms with Crippen LogP contribution in [0.1, 0.15) is 20.3 Å². The van der Waals surface area contributed by atoms with Crippen LogP contribution in [0.15, 0.2) is 88.3 Å². The van der Waals surface area contributed by atoms with E-state index in [4.69, 9.17) is 0 Å². The summed E-state index contributed by atoms with van der Waals surface area (Å²) in [5.41, 5.74) is 4.12. The molecule has 0 saturated heterocycles. The number of aliphatic imine (C=N–C) groups is 1. The van der Waals surface area contributed by atoms with Crippen molar-refractivity contribution in [2.75, 3.05) is 24.5 Å². The maximum Gasteiger partial charge on any atom is 0.254 e. The fraction of sp³-hybridized carbons (Fsp3) is 0.292. The monoisotopic (exact) mass is 406 g/mol. The molecule has 1 aromatic heterocycles. The number of pyridine rings is 1. The van der Waals surface area contributed by atoms with E-state index in [-0.39, 0.29) is 12.1 Å². The molecule has 1 N–H and O–H groups in total. The number of halogens is 1. The third kappa shape index (κ3) is 5.20. The molecule has 1 amide bonds. The van der Waals surface area contributed by atoms with E-state index in [0.717, 1.165) is 30.9 Å². The number of anilines is 1. The van der Waals surface area contributed by atoms with Crippen molar-refractivity contribution >= 4 is 17.9 Å². The maximum absolute atomic E-state index is 13.9. The predicted octanol–water partition coefficient (Wildman–Crippen LogP) is 4.09. The van der Waals surface area contributed by atoms with Gasteiger partial charge in [-0.15, -0.1) is 0 Å². The smallest absolute Gasteiger partial charge is 0.254 e. The van der Waals surface area contributed by atoms with Crippen molar-refractivity contribution in [2.24, 2.45) is 4.99 Å². The van der Waals surface area contributed by atoms with Crippen LogP contribution in [0.4, 0.5) is 10.2 Å². The Morgan fingerprint density at radius 3 is 2.90 bits per heavy atom.